The molecule has 1 aliphatic rings. The Bertz CT molecular complexity index is 1080. The molecule has 1 aliphatic heterocycles. The Labute approximate surface area is 185 Å². The van der Waals surface area contributed by atoms with E-state index in [4.69, 9.17) is 9.47 Å². The zero-order chi connectivity index (χ0) is 21.1. The van der Waals surface area contributed by atoms with Gasteiger partial charge < -0.3 is 9.47 Å². The Morgan fingerprint density at radius 1 is 0.967 bits per heavy atom. The number of hydrazone groups is 1. The number of nitrogens with zero attached hydrogens (tertiary/aromatic N) is 2. The molecule has 3 aromatic rings. The average molecular weight is 459 g/mol. The van der Waals surface area contributed by atoms with Crippen LogP contribution in [0.4, 0.5) is 5.00 Å². The fourth-order valence-electron chi connectivity index (χ4n) is 3.16. The van der Waals surface area contributed by atoms with Crippen molar-refractivity contribution in [2.24, 2.45) is 11.0 Å². The molecule has 9 heteroatoms. The first-order valence-electron chi connectivity index (χ1n) is 9.01. The van der Waals surface area contributed by atoms with Crippen molar-refractivity contribution in [1.29, 1.82) is 0 Å². The molecule has 0 saturated carbocycles. The van der Waals surface area contributed by atoms with Gasteiger partial charge in [0.15, 0.2) is 6.04 Å². The molecule has 0 unspecified atom stereocenters. The van der Waals surface area contributed by atoms with Crippen molar-refractivity contribution in [1.82, 2.24) is 0 Å². The van der Waals surface area contributed by atoms with Crippen LogP contribution in [0, 0.1) is 5.92 Å². The van der Waals surface area contributed by atoms with E-state index in [0.717, 1.165) is 19.6 Å². The van der Waals surface area contributed by atoms with Gasteiger partial charge >= 0.3 is 11.9 Å². The minimum absolute atomic E-state index is 0.455. The molecule has 0 bridgehead atoms. The Kier molecular flexibility index (Phi) is 6.12. The van der Waals surface area contributed by atoms with Gasteiger partial charge in [-0.25, -0.2) is 9.80 Å². The van der Waals surface area contributed by atoms with E-state index < -0.39 is 23.9 Å². The second kappa shape index (κ2) is 8.95. The van der Waals surface area contributed by atoms with E-state index in [1.807, 2.05) is 53.2 Å². The van der Waals surface area contributed by atoms with Crippen LogP contribution in [0.25, 0.3) is 15.8 Å². The highest BCUT2D eigenvalue weighted by Gasteiger charge is 2.48. The molecule has 6 nitrogen and oxygen atoms in total. The second-order valence-corrected chi connectivity index (χ2v) is 9.29. The van der Waals surface area contributed by atoms with Gasteiger partial charge in [0, 0.05) is 14.6 Å². The Balaban J connectivity index is 1.74. The van der Waals surface area contributed by atoms with E-state index in [-0.39, 0.29) is 0 Å². The zero-order valence-electron chi connectivity index (χ0n) is 16.2. The lowest BCUT2D eigenvalue weighted by atomic mass is 9.95. The quantitative estimate of drug-likeness (QED) is 0.498. The number of thiophene rings is 3. The summed E-state index contributed by atoms with van der Waals surface area (Å²) in [6.07, 6.45) is 3.64. The second-order valence-electron chi connectivity index (χ2n) is 6.30. The number of anilines is 1. The number of hydrogen-bond donors (Lipinski definition) is 0. The predicted octanol–water partition coefficient (Wildman–Crippen LogP) is 4.76. The summed E-state index contributed by atoms with van der Waals surface area (Å²) in [5, 5.41) is 10.9. The molecule has 30 heavy (non-hydrogen) atoms. The van der Waals surface area contributed by atoms with Crippen molar-refractivity contribution in [3.05, 3.63) is 58.1 Å². The minimum Gasteiger partial charge on any atom is -0.468 e. The molecule has 3 aromatic heterocycles. The van der Waals surface area contributed by atoms with Gasteiger partial charge in [-0.15, -0.1) is 34.0 Å². The minimum atomic E-state index is -0.930. The van der Waals surface area contributed by atoms with Gasteiger partial charge in [0.2, 0.25) is 0 Å². The number of rotatable bonds is 6. The summed E-state index contributed by atoms with van der Waals surface area (Å²) in [5.74, 6) is -1.96. The third-order valence-electron chi connectivity index (χ3n) is 4.56. The summed E-state index contributed by atoms with van der Waals surface area (Å²) < 4.78 is 10.0. The molecule has 0 amide bonds. The number of hydrogen-bond acceptors (Lipinski definition) is 9. The molecule has 0 aliphatic carbocycles. The van der Waals surface area contributed by atoms with Gasteiger partial charge in [-0.05, 0) is 47.2 Å². The summed E-state index contributed by atoms with van der Waals surface area (Å²) in [6.45, 7) is 0. The van der Waals surface area contributed by atoms with Gasteiger partial charge in [0.05, 0.1) is 19.9 Å². The van der Waals surface area contributed by atoms with E-state index in [1.54, 1.807) is 33.8 Å². The smallest absolute Gasteiger partial charge is 0.332 e. The lowest BCUT2D eigenvalue weighted by Gasteiger charge is -2.23. The summed E-state index contributed by atoms with van der Waals surface area (Å²) >= 11 is 4.72. The van der Waals surface area contributed by atoms with Crippen molar-refractivity contribution in [2.75, 3.05) is 19.2 Å². The Morgan fingerprint density at radius 2 is 1.73 bits per heavy atom. The standard InChI is InChI=1S/C21H18N2O4S3/c1-26-20(24)18-14(8-7-13-5-3-11-28-13)22-23(19(18)21(25)27-2)17-10-9-16(30-17)15-6-4-12-29-15/h3-12,18-19H,1-2H3/b8-7+/t18-,19-/m1/s1. The lowest BCUT2D eigenvalue weighted by Crippen LogP contribution is -2.44. The third-order valence-corrected chi connectivity index (χ3v) is 7.54. The van der Waals surface area contributed by atoms with Crippen LogP contribution in [-0.2, 0) is 19.1 Å². The highest BCUT2D eigenvalue weighted by Crippen LogP contribution is 2.40. The van der Waals surface area contributed by atoms with Crippen LogP contribution < -0.4 is 5.01 Å². The normalized spacial score (nSPS) is 18.6. The first-order valence-corrected chi connectivity index (χ1v) is 11.6. The molecule has 0 aromatic carbocycles. The molecule has 4 heterocycles. The largest absolute Gasteiger partial charge is 0.468 e. The van der Waals surface area contributed by atoms with Gasteiger partial charge in [-0.3, -0.25) is 4.79 Å². The number of allylic oxidation sites excluding steroid dienone is 1. The molecule has 0 saturated heterocycles. The first-order chi connectivity index (χ1) is 14.6. The maximum absolute atomic E-state index is 12.7. The van der Waals surface area contributed by atoms with Crippen LogP contribution >= 0.6 is 34.0 Å². The van der Waals surface area contributed by atoms with E-state index >= 15 is 0 Å². The average Bonchev–Trinajstić information content (AvgIpc) is 3.56. The SMILES string of the molecule is COC(=O)[C@@H]1C(/C=C/c2cccs2)=NN(c2ccc(-c3cccs3)s2)[C@H]1C(=O)OC. The van der Waals surface area contributed by atoms with Crippen LogP contribution in [-0.4, -0.2) is 37.9 Å². The van der Waals surface area contributed by atoms with Crippen LogP contribution in [0.3, 0.4) is 0 Å². The van der Waals surface area contributed by atoms with Gasteiger partial charge in [-0.2, -0.15) is 5.10 Å². The first kappa shape index (κ1) is 20.5. The maximum Gasteiger partial charge on any atom is 0.332 e. The number of ether oxygens (including phenoxy) is 2. The summed E-state index contributed by atoms with van der Waals surface area (Å²) in [5.41, 5.74) is 0.455. The molecule has 4 rings (SSSR count). The van der Waals surface area contributed by atoms with Crippen molar-refractivity contribution in [3.63, 3.8) is 0 Å². The number of carbonyl (C=O) groups is 2. The lowest BCUT2D eigenvalue weighted by molar-refractivity contribution is -0.150. The van der Waals surface area contributed by atoms with E-state index in [2.05, 4.69) is 5.10 Å². The number of esters is 2. The Morgan fingerprint density at radius 3 is 2.40 bits per heavy atom. The molecule has 0 spiro atoms. The number of methoxy groups -OCH3 is 2. The summed E-state index contributed by atoms with van der Waals surface area (Å²) in [6, 6.07) is 10.9. The van der Waals surface area contributed by atoms with Crippen molar-refractivity contribution < 1.29 is 19.1 Å². The molecule has 0 radical (unpaired) electrons. The highest BCUT2D eigenvalue weighted by molar-refractivity contribution is 7.23. The third kappa shape index (κ3) is 3.96. The monoisotopic (exact) mass is 458 g/mol. The number of carbonyl (C=O) groups excluding carboxylic acids is 2. The highest BCUT2D eigenvalue weighted by atomic mass is 32.1. The van der Waals surface area contributed by atoms with Crippen LogP contribution in [0.1, 0.15) is 4.88 Å². The summed E-state index contributed by atoms with van der Waals surface area (Å²) in [7, 11) is 2.61. The fourth-order valence-corrected chi connectivity index (χ4v) is 5.61. The van der Waals surface area contributed by atoms with Crippen molar-refractivity contribution in [3.8, 4) is 9.75 Å². The molecule has 154 valence electrons. The zero-order valence-corrected chi connectivity index (χ0v) is 18.6. The van der Waals surface area contributed by atoms with Crippen LogP contribution in [0.2, 0.25) is 0 Å². The maximum atomic E-state index is 12.7. The fraction of sp³-hybridized carbons (Fsp3) is 0.190. The molecule has 0 fully saturated rings. The Hall–Kier alpha value is -2.75. The van der Waals surface area contributed by atoms with Gasteiger partial charge in [0.1, 0.15) is 10.9 Å². The van der Waals surface area contributed by atoms with Crippen molar-refractivity contribution >= 4 is 62.7 Å². The van der Waals surface area contributed by atoms with Gasteiger partial charge in [0.25, 0.3) is 0 Å². The van der Waals surface area contributed by atoms with Crippen molar-refractivity contribution in [2.45, 2.75) is 6.04 Å². The molecule has 2 atom stereocenters. The van der Waals surface area contributed by atoms with Crippen LogP contribution in [0.5, 0.6) is 0 Å². The molecule has 0 N–H and O–H groups in total. The van der Waals surface area contributed by atoms with Gasteiger partial charge in [-0.1, -0.05) is 12.1 Å². The van der Waals surface area contributed by atoms with Crippen LogP contribution in [0.15, 0.2) is 58.3 Å². The summed E-state index contributed by atoms with van der Waals surface area (Å²) in [4.78, 5) is 28.5. The topological polar surface area (TPSA) is 68.2 Å². The van der Waals surface area contributed by atoms with E-state index in [1.165, 1.54) is 25.6 Å². The molecular weight excluding hydrogens is 440 g/mol. The molecular formula is C21H18N2O4S3. The van der Waals surface area contributed by atoms with E-state index in [0.29, 0.717) is 5.71 Å². The predicted molar refractivity (Wildman–Crippen MR) is 122 cm³/mol. The van der Waals surface area contributed by atoms with E-state index in [9.17, 15) is 9.59 Å².